The lowest BCUT2D eigenvalue weighted by molar-refractivity contribution is -0.130. The Bertz CT molecular complexity index is 732. The molecule has 1 fully saturated rings. The van der Waals surface area contributed by atoms with Crippen molar-refractivity contribution in [2.24, 2.45) is 0 Å². The highest BCUT2D eigenvalue weighted by Gasteiger charge is 2.35. The van der Waals surface area contributed by atoms with Gasteiger partial charge in [-0.2, -0.15) is 5.26 Å². The molecule has 7 nitrogen and oxygen atoms in total. The largest absolute Gasteiger partial charge is 0.496 e. The number of para-hydroxylation sites is 1. The minimum Gasteiger partial charge on any atom is -0.496 e. The van der Waals surface area contributed by atoms with Gasteiger partial charge in [0.05, 0.1) is 31.8 Å². The van der Waals surface area contributed by atoms with Gasteiger partial charge in [-0.15, -0.1) is 0 Å². The van der Waals surface area contributed by atoms with Crippen LogP contribution in [0, 0.1) is 11.3 Å². The molecule has 0 bridgehead atoms. The van der Waals surface area contributed by atoms with Crippen LogP contribution in [0.5, 0.6) is 5.75 Å². The van der Waals surface area contributed by atoms with Gasteiger partial charge in [-0.1, -0.05) is 12.1 Å². The van der Waals surface area contributed by atoms with E-state index in [1.807, 2.05) is 19.9 Å². The number of nitrogens with one attached hydrogen (secondary N) is 2. The van der Waals surface area contributed by atoms with Crippen LogP contribution in [-0.2, 0) is 4.79 Å². The number of benzene rings is 1. The lowest BCUT2D eigenvalue weighted by Gasteiger charge is -2.28. The topological polar surface area (TPSA) is 94.5 Å². The third-order valence-corrected chi connectivity index (χ3v) is 4.48. The van der Waals surface area contributed by atoms with Gasteiger partial charge in [0.25, 0.3) is 5.91 Å². The van der Waals surface area contributed by atoms with Crippen molar-refractivity contribution in [3.8, 4) is 11.8 Å². The Kier molecular flexibility index (Phi) is 6.75. The van der Waals surface area contributed by atoms with Gasteiger partial charge in [0, 0.05) is 18.5 Å². The van der Waals surface area contributed by atoms with E-state index >= 15 is 0 Å². The summed E-state index contributed by atoms with van der Waals surface area (Å²) in [4.78, 5) is 25.9. The van der Waals surface area contributed by atoms with Crippen molar-refractivity contribution in [2.45, 2.75) is 38.0 Å². The minimum atomic E-state index is -1.16. The Hall–Kier alpha value is -2.66. The molecular weight excluding hydrogens is 351 g/mol. The summed E-state index contributed by atoms with van der Waals surface area (Å²) in [6.45, 7) is 3.86. The summed E-state index contributed by atoms with van der Waals surface area (Å²) in [5.74, 6) is -0.128. The van der Waals surface area contributed by atoms with Crippen LogP contribution in [0.3, 0.4) is 0 Å². The summed E-state index contributed by atoms with van der Waals surface area (Å²) in [7, 11) is 1.50. The average Bonchev–Trinajstić information content (AvgIpc) is 3.05. The molecule has 0 aliphatic carbocycles. The lowest BCUT2D eigenvalue weighted by Crippen LogP contribution is -2.52. The van der Waals surface area contributed by atoms with Crippen LogP contribution in [-0.4, -0.2) is 61.2 Å². The molecule has 146 valence electrons. The molecule has 1 aromatic rings. The summed E-state index contributed by atoms with van der Waals surface area (Å²) in [6, 6.07) is 8.14. The number of nitrogens with zero attached hydrogens (tertiary/aromatic N) is 2. The second-order valence-corrected chi connectivity index (χ2v) is 7.14. The highest BCUT2D eigenvalue weighted by molar-refractivity contribution is 5.96. The van der Waals surface area contributed by atoms with E-state index in [0.717, 1.165) is 0 Å². The summed E-state index contributed by atoms with van der Waals surface area (Å²) < 4.78 is 18.6. The van der Waals surface area contributed by atoms with Gasteiger partial charge in [0.15, 0.2) is 0 Å². The average molecular weight is 376 g/mol. The van der Waals surface area contributed by atoms with E-state index in [2.05, 4.69) is 10.6 Å². The zero-order chi connectivity index (χ0) is 20.0. The second-order valence-electron chi connectivity index (χ2n) is 7.14. The third kappa shape index (κ3) is 5.41. The normalized spacial score (nSPS) is 19.4. The van der Waals surface area contributed by atoms with Gasteiger partial charge in [-0.25, -0.2) is 4.39 Å². The van der Waals surface area contributed by atoms with Gasteiger partial charge >= 0.3 is 0 Å². The number of methoxy groups -OCH3 is 1. The van der Waals surface area contributed by atoms with E-state index in [1.54, 1.807) is 24.3 Å². The van der Waals surface area contributed by atoms with Gasteiger partial charge in [0.1, 0.15) is 18.0 Å². The molecule has 0 radical (unpaired) electrons. The van der Waals surface area contributed by atoms with Crippen molar-refractivity contribution in [3.63, 3.8) is 0 Å². The standard InChI is InChI=1S/C19H25FN4O3/c1-19(2,12-22-18(26)15-6-4-5-7-16(15)27-3)23-10-17(25)24-11-13(20)8-14(24)9-21/h4-7,13-14,23H,8,10-12H2,1-3H3,(H,22,26)/t13-,14-/m0/s1. The Morgan fingerprint density at radius 1 is 1.41 bits per heavy atom. The molecule has 2 atom stereocenters. The van der Waals surface area contributed by atoms with Gasteiger partial charge in [0.2, 0.25) is 5.91 Å². The van der Waals surface area contributed by atoms with E-state index in [1.165, 1.54) is 12.0 Å². The molecule has 27 heavy (non-hydrogen) atoms. The number of hydrogen-bond donors (Lipinski definition) is 2. The molecule has 0 spiro atoms. The second kappa shape index (κ2) is 8.82. The minimum absolute atomic E-state index is 0.0393. The molecule has 0 unspecified atom stereocenters. The molecule has 1 aliphatic rings. The van der Waals surface area contributed by atoms with Crippen LogP contribution in [0.4, 0.5) is 4.39 Å². The number of alkyl halides is 1. The van der Waals surface area contributed by atoms with Crippen molar-refractivity contribution in [1.82, 2.24) is 15.5 Å². The smallest absolute Gasteiger partial charge is 0.255 e. The van der Waals surface area contributed by atoms with Gasteiger partial charge < -0.3 is 20.3 Å². The number of amides is 2. The van der Waals surface area contributed by atoms with Crippen LogP contribution < -0.4 is 15.4 Å². The fourth-order valence-electron chi connectivity index (χ4n) is 2.89. The summed E-state index contributed by atoms with van der Waals surface area (Å²) >= 11 is 0. The van der Waals surface area contributed by atoms with E-state index in [-0.39, 0.29) is 37.9 Å². The van der Waals surface area contributed by atoms with Gasteiger partial charge in [-0.05, 0) is 26.0 Å². The molecule has 2 N–H and O–H groups in total. The first kappa shape index (κ1) is 20.6. The van der Waals surface area contributed by atoms with Crippen molar-refractivity contribution < 1.29 is 18.7 Å². The monoisotopic (exact) mass is 376 g/mol. The van der Waals surface area contributed by atoms with Crippen LogP contribution >= 0.6 is 0 Å². The fraction of sp³-hybridized carbons (Fsp3) is 0.526. The summed E-state index contributed by atoms with van der Waals surface area (Å²) in [5, 5.41) is 14.9. The number of nitriles is 1. The molecule has 0 saturated carbocycles. The predicted octanol–water partition coefficient (Wildman–Crippen LogP) is 1.26. The first-order valence-electron chi connectivity index (χ1n) is 8.77. The first-order chi connectivity index (χ1) is 12.8. The summed E-state index contributed by atoms with van der Waals surface area (Å²) in [5.41, 5.74) is -0.153. The van der Waals surface area contributed by atoms with Gasteiger partial charge in [-0.3, -0.25) is 9.59 Å². The number of halogens is 1. The Morgan fingerprint density at radius 2 is 2.11 bits per heavy atom. The number of carbonyl (C=O) groups excluding carboxylic acids is 2. The SMILES string of the molecule is COc1ccccc1C(=O)NCC(C)(C)NCC(=O)N1C[C@@H](F)C[C@H]1C#N. The fourth-order valence-corrected chi connectivity index (χ4v) is 2.89. The molecule has 2 amide bonds. The number of likely N-dealkylation sites (tertiary alicyclic amines) is 1. The number of ether oxygens (including phenoxy) is 1. The van der Waals surface area contributed by atoms with Crippen molar-refractivity contribution in [3.05, 3.63) is 29.8 Å². The van der Waals surface area contributed by atoms with Crippen LogP contribution in [0.15, 0.2) is 24.3 Å². The van der Waals surface area contributed by atoms with E-state index in [4.69, 9.17) is 10.00 Å². The molecule has 1 heterocycles. The molecule has 2 rings (SSSR count). The first-order valence-corrected chi connectivity index (χ1v) is 8.77. The zero-order valence-corrected chi connectivity index (χ0v) is 15.8. The van der Waals surface area contributed by atoms with E-state index in [9.17, 15) is 14.0 Å². The number of hydrogen-bond acceptors (Lipinski definition) is 5. The van der Waals surface area contributed by atoms with E-state index in [0.29, 0.717) is 11.3 Å². The highest BCUT2D eigenvalue weighted by Crippen LogP contribution is 2.20. The zero-order valence-electron chi connectivity index (χ0n) is 15.8. The molecular formula is C19H25FN4O3. The maximum absolute atomic E-state index is 13.5. The predicted molar refractivity (Wildman–Crippen MR) is 98.0 cm³/mol. The van der Waals surface area contributed by atoms with E-state index < -0.39 is 17.8 Å². The molecule has 8 heteroatoms. The maximum Gasteiger partial charge on any atom is 0.255 e. The Balaban J connectivity index is 1.87. The number of carbonyl (C=O) groups is 2. The summed E-state index contributed by atoms with van der Waals surface area (Å²) in [6.07, 6.45) is -1.10. The highest BCUT2D eigenvalue weighted by atomic mass is 19.1. The van der Waals surface area contributed by atoms with Crippen molar-refractivity contribution >= 4 is 11.8 Å². The third-order valence-electron chi connectivity index (χ3n) is 4.48. The van der Waals surface area contributed by atoms with Crippen LogP contribution in [0.2, 0.25) is 0 Å². The van der Waals surface area contributed by atoms with Crippen LogP contribution in [0.25, 0.3) is 0 Å². The Labute approximate surface area is 158 Å². The lowest BCUT2D eigenvalue weighted by atomic mass is 10.1. The number of rotatable bonds is 7. The molecule has 1 saturated heterocycles. The van der Waals surface area contributed by atoms with Crippen LogP contribution in [0.1, 0.15) is 30.6 Å². The van der Waals surface area contributed by atoms with Crippen molar-refractivity contribution in [1.29, 1.82) is 5.26 Å². The molecule has 1 aliphatic heterocycles. The molecule has 0 aromatic heterocycles. The van der Waals surface area contributed by atoms with Crippen molar-refractivity contribution in [2.75, 3.05) is 26.7 Å². The maximum atomic E-state index is 13.5. The quantitative estimate of drug-likeness (QED) is 0.747. The molecule has 1 aromatic carbocycles. The Morgan fingerprint density at radius 3 is 2.78 bits per heavy atom.